The highest BCUT2D eigenvalue weighted by Gasteiger charge is 2.16. The molecule has 12 heavy (non-hydrogen) atoms. The van der Waals surface area contributed by atoms with E-state index in [-0.39, 0.29) is 11.9 Å². The minimum absolute atomic E-state index is 0.0137. The number of hydrogen-bond acceptors (Lipinski definition) is 2. The van der Waals surface area contributed by atoms with Crippen LogP contribution in [0.15, 0.2) is 12.7 Å². The number of carbonyl (C=O) groups is 1. The lowest BCUT2D eigenvalue weighted by Crippen LogP contribution is -2.41. The Balaban J connectivity index is 3.82. The van der Waals surface area contributed by atoms with Gasteiger partial charge in [-0.05, 0) is 20.8 Å². The molecule has 0 radical (unpaired) electrons. The average molecular weight is 170 g/mol. The largest absolute Gasteiger partial charge is 0.350 e. The highest BCUT2D eigenvalue weighted by atomic mass is 16.1. The second-order valence-corrected chi connectivity index (χ2v) is 3.76. The number of amides is 1. The molecule has 3 heteroatoms. The van der Waals surface area contributed by atoms with Crippen molar-refractivity contribution in [2.24, 2.45) is 5.73 Å². The molecule has 0 aliphatic carbocycles. The zero-order valence-electron chi connectivity index (χ0n) is 8.05. The van der Waals surface area contributed by atoms with Gasteiger partial charge in [-0.2, -0.15) is 0 Å². The van der Waals surface area contributed by atoms with E-state index in [1.165, 1.54) is 0 Å². The van der Waals surface area contributed by atoms with E-state index in [0.717, 1.165) is 0 Å². The topological polar surface area (TPSA) is 55.1 Å². The predicted octanol–water partition coefficient (Wildman–Crippen LogP) is 0.804. The van der Waals surface area contributed by atoms with Crippen LogP contribution in [0.5, 0.6) is 0 Å². The molecule has 0 rings (SSSR count). The van der Waals surface area contributed by atoms with Gasteiger partial charge in [-0.1, -0.05) is 6.08 Å². The molecule has 0 spiro atoms. The summed E-state index contributed by atoms with van der Waals surface area (Å²) in [6.45, 7) is 9.08. The first-order valence-corrected chi connectivity index (χ1v) is 4.06. The lowest BCUT2D eigenvalue weighted by molar-refractivity contribution is -0.122. The number of nitrogens with two attached hydrogens (primary N) is 1. The van der Waals surface area contributed by atoms with Gasteiger partial charge >= 0.3 is 0 Å². The summed E-state index contributed by atoms with van der Waals surface area (Å²) in [7, 11) is 0. The van der Waals surface area contributed by atoms with Gasteiger partial charge < -0.3 is 11.1 Å². The Labute approximate surface area is 74.0 Å². The zero-order valence-corrected chi connectivity index (χ0v) is 8.05. The Morgan fingerprint density at radius 3 is 2.58 bits per heavy atom. The van der Waals surface area contributed by atoms with Gasteiger partial charge in [0.1, 0.15) is 0 Å². The van der Waals surface area contributed by atoms with Crippen LogP contribution in [0, 0.1) is 0 Å². The van der Waals surface area contributed by atoms with Crippen LogP contribution in [-0.2, 0) is 4.79 Å². The molecule has 0 bridgehead atoms. The van der Waals surface area contributed by atoms with Crippen LogP contribution < -0.4 is 11.1 Å². The standard InChI is InChI=1S/C9H18N2O/c1-5-7(2)11-8(12)6-9(3,4)10/h5,7H,1,6,10H2,2-4H3,(H,11,12). The molecule has 1 atom stereocenters. The molecule has 0 aliphatic heterocycles. The summed E-state index contributed by atoms with van der Waals surface area (Å²) in [5, 5.41) is 2.75. The van der Waals surface area contributed by atoms with Crippen molar-refractivity contribution >= 4 is 5.91 Å². The van der Waals surface area contributed by atoms with Crippen LogP contribution in [0.2, 0.25) is 0 Å². The molecule has 1 unspecified atom stereocenters. The molecule has 0 heterocycles. The van der Waals surface area contributed by atoms with Gasteiger partial charge in [0.15, 0.2) is 0 Å². The first kappa shape index (κ1) is 11.2. The highest BCUT2D eigenvalue weighted by molar-refractivity contribution is 5.77. The summed E-state index contributed by atoms with van der Waals surface area (Å²) in [6.07, 6.45) is 2.02. The second-order valence-electron chi connectivity index (χ2n) is 3.76. The molecule has 1 amide bonds. The van der Waals surface area contributed by atoms with Crippen LogP contribution in [-0.4, -0.2) is 17.5 Å². The summed E-state index contributed by atoms with van der Waals surface area (Å²) < 4.78 is 0. The fraction of sp³-hybridized carbons (Fsp3) is 0.667. The maximum absolute atomic E-state index is 11.2. The molecular formula is C9H18N2O. The molecule has 0 aromatic carbocycles. The van der Waals surface area contributed by atoms with Gasteiger partial charge in [-0.15, -0.1) is 6.58 Å². The van der Waals surface area contributed by atoms with E-state index in [9.17, 15) is 4.79 Å². The van der Waals surface area contributed by atoms with E-state index in [1.807, 2.05) is 20.8 Å². The third-order valence-electron chi connectivity index (χ3n) is 1.36. The molecule has 0 saturated carbocycles. The van der Waals surface area contributed by atoms with Crippen LogP contribution in [0.4, 0.5) is 0 Å². The first-order valence-electron chi connectivity index (χ1n) is 4.06. The monoisotopic (exact) mass is 170 g/mol. The number of rotatable bonds is 4. The van der Waals surface area contributed by atoms with Crippen LogP contribution in [0.25, 0.3) is 0 Å². The normalized spacial score (nSPS) is 13.7. The van der Waals surface area contributed by atoms with Crippen molar-refractivity contribution in [2.75, 3.05) is 0 Å². The van der Waals surface area contributed by atoms with Crippen molar-refractivity contribution in [3.8, 4) is 0 Å². The summed E-state index contributed by atoms with van der Waals surface area (Å²) in [6, 6.07) is 0.0137. The SMILES string of the molecule is C=CC(C)NC(=O)CC(C)(C)N. The van der Waals surface area contributed by atoms with Crippen molar-refractivity contribution < 1.29 is 4.79 Å². The molecule has 70 valence electrons. The number of nitrogens with one attached hydrogen (secondary N) is 1. The summed E-state index contributed by atoms with van der Waals surface area (Å²) in [4.78, 5) is 11.2. The zero-order chi connectivity index (χ0) is 9.78. The quantitative estimate of drug-likeness (QED) is 0.613. The summed E-state index contributed by atoms with van der Waals surface area (Å²) >= 11 is 0. The van der Waals surface area contributed by atoms with Gasteiger partial charge in [0, 0.05) is 18.0 Å². The Morgan fingerprint density at radius 2 is 2.25 bits per heavy atom. The number of carbonyl (C=O) groups excluding carboxylic acids is 1. The summed E-state index contributed by atoms with van der Waals surface area (Å²) in [5.74, 6) is -0.0325. The predicted molar refractivity (Wildman–Crippen MR) is 50.7 cm³/mol. The minimum Gasteiger partial charge on any atom is -0.350 e. The Bertz CT molecular complexity index is 170. The van der Waals surface area contributed by atoms with E-state index in [4.69, 9.17) is 5.73 Å². The van der Waals surface area contributed by atoms with Gasteiger partial charge in [0.25, 0.3) is 0 Å². The fourth-order valence-corrected chi connectivity index (χ4v) is 0.778. The summed E-state index contributed by atoms with van der Waals surface area (Å²) in [5.41, 5.74) is 5.23. The number of hydrogen-bond donors (Lipinski definition) is 2. The van der Waals surface area contributed by atoms with Gasteiger partial charge in [0.2, 0.25) is 5.91 Å². The maximum Gasteiger partial charge on any atom is 0.222 e. The highest BCUT2D eigenvalue weighted by Crippen LogP contribution is 2.02. The molecule has 0 fully saturated rings. The average Bonchev–Trinajstić information content (AvgIpc) is 1.82. The van der Waals surface area contributed by atoms with Crippen molar-refractivity contribution in [1.82, 2.24) is 5.32 Å². The van der Waals surface area contributed by atoms with Crippen LogP contribution >= 0.6 is 0 Å². The van der Waals surface area contributed by atoms with Gasteiger partial charge in [-0.3, -0.25) is 4.79 Å². The van der Waals surface area contributed by atoms with Crippen LogP contribution in [0.1, 0.15) is 27.2 Å². The van der Waals surface area contributed by atoms with Crippen molar-refractivity contribution in [3.63, 3.8) is 0 Å². The lowest BCUT2D eigenvalue weighted by Gasteiger charge is -2.18. The van der Waals surface area contributed by atoms with Crippen LogP contribution in [0.3, 0.4) is 0 Å². The van der Waals surface area contributed by atoms with E-state index < -0.39 is 5.54 Å². The Kier molecular flexibility index (Phi) is 3.96. The van der Waals surface area contributed by atoms with E-state index in [2.05, 4.69) is 11.9 Å². The molecule has 3 nitrogen and oxygen atoms in total. The lowest BCUT2D eigenvalue weighted by atomic mass is 10.0. The van der Waals surface area contributed by atoms with Gasteiger partial charge in [0.05, 0.1) is 0 Å². The molecule has 0 saturated heterocycles. The van der Waals surface area contributed by atoms with Gasteiger partial charge in [-0.25, -0.2) is 0 Å². The Morgan fingerprint density at radius 1 is 1.75 bits per heavy atom. The van der Waals surface area contributed by atoms with Crippen molar-refractivity contribution in [3.05, 3.63) is 12.7 Å². The molecular weight excluding hydrogens is 152 g/mol. The third-order valence-corrected chi connectivity index (χ3v) is 1.36. The Hall–Kier alpha value is -0.830. The third kappa shape index (κ3) is 5.92. The van der Waals surface area contributed by atoms with E-state index in [0.29, 0.717) is 6.42 Å². The molecule has 3 N–H and O–H groups in total. The maximum atomic E-state index is 11.2. The molecule has 0 aliphatic rings. The molecule has 0 aromatic heterocycles. The van der Waals surface area contributed by atoms with E-state index >= 15 is 0 Å². The first-order chi connectivity index (χ1) is 5.35. The van der Waals surface area contributed by atoms with Crippen molar-refractivity contribution in [1.29, 1.82) is 0 Å². The fourth-order valence-electron chi connectivity index (χ4n) is 0.778. The smallest absolute Gasteiger partial charge is 0.222 e. The minimum atomic E-state index is -0.440. The van der Waals surface area contributed by atoms with Crippen molar-refractivity contribution in [2.45, 2.75) is 38.8 Å². The molecule has 0 aromatic rings. The van der Waals surface area contributed by atoms with E-state index in [1.54, 1.807) is 6.08 Å². The second kappa shape index (κ2) is 4.26.